The minimum Gasteiger partial charge on any atom is -0.308 e. The van der Waals surface area contributed by atoms with Crippen LogP contribution in [-0.2, 0) is 13.6 Å². The van der Waals surface area contributed by atoms with Gasteiger partial charge in [-0.1, -0.05) is 11.6 Å². The fourth-order valence-corrected chi connectivity index (χ4v) is 3.61. The monoisotopic (exact) mass is 296 g/mol. The molecule has 1 aromatic rings. The number of hydrogen-bond acceptors (Lipinski definition) is 3. The summed E-state index contributed by atoms with van der Waals surface area (Å²) in [6.07, 6.45) is 2.74. The zero-order valence-corrected chi connectivity index (χ0v) is 13.7. The number of nitrogens with zero attached hydrogens (tertiary/aromatic N) is 3. The molecule has 2 atom stereocenters. The SMILES string of the molecule is Cc1nn(C)c(CN2CC(C)(C3CC3)NCC2C)c1Cl. The second-order valence-electron chi connectivity index (χ2n) is 6.80. The molecule has 0 radical (unpaired) electrons. The average molecular weight is 297 g/mol. The first-order chi connectivity index (χ1) is 9.40. The highest BCUT2D eigenvalue weighted by atomic mass is 35.5. The van der Waals surface area contributed by atoms with Crippen molar-refractivity contribution in [2.75, 3.05) is 13.1 Å². The van der Waals surface area contributed by atoms with Crippen molar-refractivity contribution in [1.82, 2.24) is 20.0 Å². The van der Waals surface area contributed by atoms with Gasteiger partial charge >= 0.3 is 0 Å². The van der Waals surface area contributed by atoms with E-state index in [9.17, 15) is 0 Å². The molecule has 0 spiro atoms. The molecule has 2 unspecified atom stereocenters. The molecule has 5 heteroatoms. The Morgan fingerprint density at radius 3 is 2.70 bits per heavy atom. The molecule has 4 nitrogen and oxygen atoms in total. The van der Waals surface area contributed by atoms with Gasteiger partial charge in [-0.2, -0.15) is 5.10 Å². The van der Waals surface area contributed by atoms with Gasteiger partial charge in [0, 0.05) is 38.3 Å². The van der Waals surface area contributed by atoms with Gasteiger partial charge in [0.2, 0.25) is 0 Å². The molecule has 1 saturated carbocycles. The lowest BCUT2D eigenvalue weighted by Crippen LogP contribution is -2.63. The molecule has 1 aromatic heterocycles. The van der Waals surface area contributed by atoms with Gasteiger partial charge in [0.1, 0.15) is 0 Å². The van der Waals surface area contributed by atoms with Crippen molar-refractivity contribution in [3.05, 3.63) is 16.4 Å². The minimum atomic E-state index is 0.270. The maximum absolute atomic E-state index is 6.40. The quantitative estimate of drug-likeness (QED) is 0.929. The van der Waals surface area contributed by atoms with Crippen LogP contribution in [0.1, 0.15) is 38.1 Å². The van der Waals surface area contributed by atoms with Crippen LogP contribution in [0, 0.1) is 12.8 Å². The Bertz CT molecular complexity index is 508. The molecule has 1 aliphatic carbocycles. The van der Waals surface area contributed by atoms with Gasteiger partial charge in [-0.25, -0.2) is 0 Å². The van der Waals surface area contributed by atoms with Crippen molar-refractivity contribution in [3.8, 4) is 0 Å². The van der Waals surface area contributed by atoms with Crippen LogP contribution in [0.15, 0.2) is 0 Å². The van der Waals surface area contributed by atoms with E-state index in [0.717, 1.165) is 42.0 Å². The van der Waals surface area contributed by atoms with Crippen molar-refractivity contribution in [2.24, 2.45) is 13.0 Å². The van der Waals surface area contributed by atoms with E-state index < -0.39 is 0 Å². The predicted molar refractivity (Wildman–Crippen MR) is 82.0 cm³/mol. The van der Waals surface area contributed by atoms with Crippen molar-refractivity contribution in [3.63, 3.8) is 0 Å². The molecule has 2 heterocycles. The van der Waals surface area contributed by atoms with Crippen LogP contribution in [0.5, 0.6) is 0 Å². The van der Waals surface area contributed by atoms with Gasteiger partial charge in [-0.05, 0) is 39.5 Å². The molecule has 1 N–H and O–H groups in total. The van der Waals surface area contributed by atoms with Gasteiger partial charge in [0.25, 0.3) is 0 Å². The van der Waals surface area contributed by atoms with Crippen LogP contribution >= 0.6 is 11.6 Å². The summed E-state index contributed by atoms with van der Waals surface area (Å²) in [7, 11) is 1.99. The van der Waals surface area contributed by atoms with Crippen LogP contribution in [-0.4, -0.2) is 39.4 Å². The second kappa shape index (κ2) is 5.00. The number of hydrogen-bond donors (Lipinski definition) is 1. The Labute approximate surface area is 126 Å². The molecule has 112 valence electrons. The predicted octanol–water partition coefficient (Wildman–Crippen LogP) is 2.34. The normalized spacial score (nSPS) is 31.8. The molecule has 1 saturated heterocycles. The Hall–Kier alpha value is -0.580. The Kier molecular flexibility index (Phi) is 3.59. The van der Waals surface area contributed by atoms with E-state index in [0.29, 0.717) is 6.04 Å². The summed E-state index contributed by atoms with van der Waals surface area (Å²) in [6.45, 7) is 9.68. The number of piperazine rings is 1. The van der Waals surface area contributed by atoms with Crippen LogP contribution in [0.25, 0.3) is 0 Å². The van der Waals surface area contributed by atoms with Gasteiger partial charge in [-0.3, -0.25) is 9.58 Å². The fourth-order valence-electron chi connectivity index (χ4n) is 3.39. The molecule has 2 fully saturated rings. The van der Waals surface area contributed by atoms with Crippen LogP contribution < -0.4 is 5.32 Å². The Morgan fingerprint density at radius 1 is 1.45 bits per heavy atom. The maximum Gasteiger partial charge on any atom is 0.0860 e. The van der Waals surface area contributed by atoms with Crippen molar-refractivity contribution < 1.29 is 0 Å². The molecule has 0 bridgehead atoms. The lowest BCUT2D eigenvalue weighted by molar-refractivity contribution is 0.0750. The third kappa shape index (κ3) is 2.49. The molecule has 0 aromatic carbocycles. The molecule has 0 amide bonds. The van der Waals surface area contributed by atoms with Crippen molar-refractivity contribution >= 4 is 11.6 Å². The Morgan fingerprint density at radius 2 is 2.15 bits per heavy atom. The molecule has 1 aliphatic heterocycles. The van der Waals surface area contributed by atoms with E-state index >= 15 is 0 Å². The van der Waals surface area contributed by atoms with E-state index in [4.69, 9.17) is 11.6 Å². The molecule has 20 heavy (non-hydrogen) atoms. The van der Waals surface area contributed by atoms with E-state index in [-0.39, 0.29) is 5.54 Å². The summed E-state index contributed by atoms with van der Waals surface area (Å²) < 4.78 is 1.93. The van der Waals surface area contributed by atoms with E-state index in [1.54, 1.807) is 0 Å². The standard InChI is InChI=1S/C15H25ClN4/c1-10-7-17-15(3,12-5-6-12)9-20(10)8-13-14(16)11(2)18-19(13)4/h10,12,17H,5-9H2,1-4H3. The van der Waals surface area contributed by atoms with E-state index in [1.165, 1.54) is 12.8 Å². The second-order valence-corrected chi connectivity index (χ2v) is 7.17. The first-order valence-electron chi connectivity index (χ1n) is 7.58. The highest BCUT2D eigenvalue weighted by Gasteiger charge is 2.45. The number of nitrogens with one attached hydrogen (secondary N) is 1. The van der Waals surface area contributed by atoms with Gasteiger partial charge in [0.15, 0.2) is 0 Å². The van der Waals surface area contributed by atoms with Crippen LogP contribution in [0.2, 0.25) is 5.02 Å². The minimum absolute atomic E-state index is 0.270. The number of aryl methyl sites for hydroxylation is 2. The zero-order valence-electron chi connectivity index (χ0n) is 12.9. The van der Waals surface area contributed by atoms with Crippen LogP contribution in [0.3, 0.4) is 0 Å². The lowest BCUT2D eigenvalue weighted by Gasteiger charge is -2.45. The lowest BCUT2D eigenvalue weighted by atomic mass is 9.91. The number of halogens is 1. The molecular formula is C15H25ClN4. The van der Waals surface area contributed by atoms with Gasteiger partial charge < -0.3 is 5.32 Å². The molecule has 2 aliphatic rings. The summed E-state index contributed by atoms with van der Waals surface area (Å²) in [5.74, 6) is 0.848. The largest absolute Gasteiger partial charge is 0.308 e. The highest BCUT2D eigenvalue weighted by Crippen LogP contribution is 2.41. The van der Waals surface area contributed by atoms with E-state index in [1.807, 2.05) is 18.7 Å². The van der Waals surface area contributed by atoms with Crippen LogP contribution in [0.4, 0.5) is 0 Å². The van der Waals surface area contributed by atoms with Crippen molar-refractivity contribution in [1.29, 1.82) is 0 Å². The summed E-state index contributed by atoms with van der Waals surface area (Å²) in [4.78, 5) is 2.55. The average Bonchev–Trinajstić information content (AvgIpc) is 3.20. The van der Waals surface area contributed by atoms with Gasteiger partial charge in [0.05, 0.1) is 16.4 Å². The first-order valence-corrected chi connectivity index (χ1v) is 7.95. The third-order valence-electron chi connectivity index (χ3n) is 5.05. The van der Waals surface area contributed by atoms with Gasteiger partial charge in [-0.15, -0.1) is 0 Å². The third-order valence-corrected chi connectivity index (χ3v) is 5.54. The summed E-state index contributed by atoms with van der Waals surface area (Å²) in [5.41, 5.74) is 2.33. The number of aromatic nitrogens is 2. The van der Waals surface area contributed by atoms with Crippen molar-refractivity contribution in [2.45, 2.75) is 51.7 Å². The Balaban J connectivity index is 1.78. The molecule has 3 rings (SSSR count). The fraction of sp³-hybridized carbons (Fsp3) is 0.800. The maximum atomic E-state index is 6.40. The smallest absolute Gasteiger partial charge is 0.0860 e. The summed E-state index contributed by atoms with van der Waals surface area (Å²) in [5, 5.41) is 9.01. The van der Waals surface area contributed by atoms with E-state index in [2.05, 4.69) is 29.2 Å². The zero-order chi connectivity index (χ0) is 14.5. The topological polar surface area (TPSA) is 33.1 Å². The molecular weight excluding hydrogens is 272 g/mol. The summed E-state index contributed by atoms with van der Waals surface area (Å²) in [6, 6.07) is 0.535. The summed E-state index contributed by atoms with van der Waals surface area (Å²) >= 11 is 6.40. The number of rotatable bonds is 3. The highest BCUT2D eigenvalue weighted by molar-refractivity contribution is 6.31. The first kappa shape index (κ1) is 14.4.